The predicted octanol–water partition coefficient (Wildman–Crippen LogP) is 0.936. The van der Waals surface area contributed by atoms with Gasteiger partial charge in [-0.2, -0.15) is 0 Å². The van der Waals surface area contributed by atoms with Gasteiger partial charge in [-0.25, -0.2) is 4.98 Å². The third-order valence-corrected chi connectivity index (χ3v) is 4.25. The number of hydrogen-bond acceptors (Lipinski definition) is 6. The zero-order chi connectivity index (χ0) is 16.4. The van der Waals surface area contributed by atoms with Crippen LogP contribution in [0.1, 0.15) is 29.3 Å². The maximum Gasteiger partial charge on any atom is 0.292 e. The van der Waals surface area contributed by atoms with Gasteiger partial charge in [0.1, 0.15) is 5.82 Å². The standard InChI is InChI=1S/C15H21N5O3/c1-4-19-7-8-20(10-11(19)14-16-5-6-18(14)2)15(21)12-9-13(22-3)17-23-12/h5-6,9,11H,4,7-8,10H2,1-3H3/t11-/m0/s1. The van der Waals surface area contributed by atoms with Crippen molar-refractivity contribution < 1.29 is 14.1 Å². The van der Waals surface area contributed by atoms with E-state index in [1.54, 1.807) is 11.1 Å². The third-order valence-electron chi connectivity index (χ3n) is 4.25. The van der Waals surface area contributed by atoms with Gasteiger partial charge in [-0.15, -0.1) is 0 Å². The molecule has 0 aromatic carbocycles. The number of likely N-dealkylation sites (N-methyl/N-ethyl adjacent to an activating group) is 1. The van der Waals surface area contributed by atoms with Crippen molar-refractivity contribution in [3.63, 3.8) is 0 Å². The molecule has 0 unspecified atom stereocenters. The van der Waals surface area contributed by atoms with Crippen LogP contribution in [0.5, 0.6) is 5.88 Å². The zero-order valence-electron chi connectivity index (χ0n) is 13.6. The summed E-state index contributed by atoms with van der Waals surface area (Å²) in [5, 5.41) is 3.69. The lowest BCUT2D eigenvalue weighted by atomic mass is 10.1. The lowest BCUT2D eigenvalue weighted by Gasteiger charge is -2.40. The summed E-state index contributed by atoms with van der Waals surface area (Å²) in [6.45, 7) is 5.05. The largest absolute Gasteiger partial charge is 0.479 e. The predicted molar refractivity (Wildman–Crippen MR) is 82.2 cm³/mol. The van der Waals surface area contributed by atoms with Gasteiger partial charge in [0.05, 0.1) is 19.2 Å². The molecule has 3 rings (SSSR count). The van der Waals surface area contributed by atoms with E-state index < -0.39 is 0 Å². The molecule has 0 bridgehead atoms. The van der Waals surface area contributed by atoms with Gasteiger partial charge in [-0.1, -0.05) is 6.92 Å². The maximum atomic E-state index is 12.6. The Labute approximate surface area is 134 Å². The molecule has 0 N–H and O–H groups in total. The van der Waals surface area contributed by atoms with Gasteiger partial charge in [0.25, 0.3) is 11.8 Å². The molecule has 8 nitrogen and oxygen atoms in total. The minimum atomic E-state index is -0.171. The van der Waals surface area contributed by atoms with Crippen LogP contribution >= 0.6 is 0 Å². The van der Waals surface area contributed by atoms with Crippen molar-refractivity contribution in [1.29, 1.82) is 0 Å². The first-order chi connectivity index (χ1) is 11.1. The number of hydrogen-bond donors (Lipinski definition) is 0. The van der Waals surface area contributed by atoms with Crippen molar-refractivity contribution in [2.24, 2.45) is 7.05 Å². The molecule has 1 amide bonds. The first kappa shape index (κ1) is 15.5. The molecule has 1 saturated heterocycles. The fourth-order valence-electron chi connectivity index (χ4n) is 2.94. The fraction of sp³-hybridized carbons (Fsp3) is 0.533. The van der Waals surface area contributed by atoms with Crippen molar-refractivity contribution in [3.8, 4) is 5.88 Å². The van der Waals surface area contributed by atoms with E-state index in [0.717, 1.165) is 18.9 Å². The number of carbonyl (C=O) groups is 1. The number of aromatic nitrogens is 3. The quantitative estimate of drug-likeness (QED) is 0.834. The molecular weight excluding hydrogens is 298 g/mol. The van der Waals surface area contributed by atoms with E-state index >= 15 is 0 Å². The number of imidazole rings is 1. The maximum absolute atomic E-state index is 12.6. The van der Waals surface area contributed by atoms with Gasteiger partial charge in [0, 0.05) is 39.1 Å². The molecule has 8 heteroatoms. The Kier molecular flexibility index (Phi) is 4.33. The fourth-order valence-corrected chi connectivity index (χ4v) is 2.94. The molecule has 3 heterocycles. The van der Waals surface area contributed by atoms with Crippen LogP contribution in [0.15, 0.2) is 23.0 Å². The second-order valence-corrected chi connectivity index (χ2v) is 5.53. The third kappa shape index (κ3) is 2.94. The van der Waals surface area contributed by atoms with Gasteiger partial charge < -0.3 is 18.7 Å². The number of nitrogens with zero attached hydrogens (tertiary/aromatic N) is 5. The van der Waals surface area contributed by atoms with E-state index in [0.29, 0.717) is 19.0 Å². The Bertz CT molecular complexity index is 680. The molecule has 0 spiro atoms. The summed E-state index contributed by atoms with van der Waals surface area (Å²) in [5.74, 6) is 1.29. The van der Waals surface area contributed by atoms with E-state index in [4.69, 9.17) is 9.26 Å². The molecule has 1 fully saturated rings. The lowest BCUT2D eigenvalue weighted by Crippen LogP contribution is -2.50. The van der Waals surface area contributed by atoms with E-state index in [-0.39, 0.29) is 17.7 Å². The Balaban J connectivity index is 1.79. The van der Waals surface area contributed by atoms with Crippen LogP contribution in [-0.2, 0) is 7.05 Å². The Hall–Kier alpha value is -2.35. The average molecular weight is 319 g/mol. The van der Waals surface area contributed by atoms with Crippen LogP contribution in [0.25, 0.3) is 0 Å². The van der Waals surface area contributed by atoms with Crippen molar-refractivity contribution >= 4 is 5.91 Å². The monoisotopic (exact) mass is 319 g/mol. The summed E-state index contributed by atoms with van der Waals surface area (Å²) < 4.78 is 12.0. The van der Waals surface area contributed by atoms with E-state index in [1.807, 2.05) is 17.8 Å². The number of ether oxygens (including phenoxy) is 1. The summed E-state index contributed by atoms with van der Waals surface area (Å²) >= 11 is 0. The topological polar surface area (TPSA) is 76.6 Å². The van der Waals surface area contributed by atoms with Gasteiger partial charge in [0.15, 0.2) is 0 Å². The van der Waals surface area contributed by atoms with Gasteiger partial charge in [-0.3, -0.25) is 9.69 Å². The Morgan fingerprint density at radius 3 is 2.91 bits per heavy atom. The molecule has 124 valence electrons. The Morgan fingerprint density at radius 1 is 1.48 bits per heavy atom. The number of aryl methyl sites for hydroxylation is 1. The molecular formula is C15H21N5O3. The zero-order valence-corrected chi connectivity index (χ0v) is 13.6. The number of rotatable bonds is 4. The molecule has 2 aromatic rings. The van der Waals surface area contributed by atoms with Crippen molar-refractivity contribution in [1.82, 2.24) is 24.5 Å². The summed E-state index contributed by atoms with van der Waals surface area (Å²) in [5.41, 5.74) is 0. The van der Waals surface area contributed by atoms with E-state index in [9.17, 15) is 4.79 Å². The lowest BCUT2D eigenvalue weighted by molar-refractivity contribution is 0.0438. The van der Waals surface area contributed by atoms with Crippen LogP contribution < -0.4 is 4.74 Å². The van der Waals surface area contributed by atoms with Crippen LogP contribution in [-0.4, -0.2) is 63.7 Å². The van der Waals surface area contributed by atoms with Crippen molar-refractivity contribution in [2.75, 3.05) is 33.3 Å². The minimum Gasteiger partial charge on any atom is -0.479 e. The Morgan fingerprint density at radius 2 is 2.30 bits per heavy atom. The summed E-state index contributed by atoms with van der Waals surface area (Å²) in [7, 11) is 3.46. The molecule has 2 aromatic heterocycles. The first-order valence-electron chi connectivity index (χ1n) is 7.65. The summed E-state index contributed by atoms with van der Waals surface area (Å²) in [6.07, 6.45) is 3.70. The van der Waals surface area contributed by atoms with Gasteiger partial charge in [-0.05, 0) is 11.7 Å². The van der Waals surface area contributed by atoms with Crippen molar-refractivity contribution in [3.05, 3.63) is 30.0 Å². The van der Waals surface area contributed by atoms with Gasteiger partial charge >= 0.3 is 0 Å². The highest BCUT2D eigenvalue weighted by Crippen LogP contribution is 2.25. The summed E-state index contributed by atoms with van der Waals surface area (Å²) in [4.78, 5) is 21.2. The highest BCUT2D eigenvalue weighted by atomic mass is 16.5. The second kappa shape index (κ2) is 6.41. The van der Waals surface area contributed by atoms with E-state index in [2.05, 4.69) is 22.0 Å². The smallest absolute Gasteiger partial charge is 0.292 e. The molecule has 0 aliphatic carbocycles. The average Bonchev–Trinajstić information content (AvgIpc) is 3.22. The van der Waals surface area contributed by atoms with E-state index in [1.165, 1.54) is 13.2 Å². The van der Waals surface area contributed by atoms with Crippen LogP contribution in [0.2, 0.25) is 0 Å². The SMILES string of the molecule is CCN1CCN(C(=O)c2cc(OC)no2)C[C@H]1c1nccn1C. The minimum absolute atomic E-state index is 0.0718. The molecule has 23 heavy (non-hydrogen) atoms. The van der Waals surface area contributed by atoms with Crippen LogP contribution in [0, 0.1) is 0 Å². The van der Waals surface area contributed by atoms with Crippen LogP contribution in [0.4, 0.5) is 0 Å². The molecule has 1 aliphatic rings. The molecule has 1 atom stereocenters. The summed E-state index contributed by atoms with van der Waals surface area (Å²) in [6, 6.07) is 1.59. The number of carbonyl (C=O) groups excluding carboxylic acids is 1. The number of methoxy groups -OCH3 is 1. The molecule has 0 radical (unpaired) electrons. The second-order valence-electron chi connectivity index (χ2n) is 5.53. The first-order valence-corrected chi connectivity index (χ1v) is 7.65. The number of amides is 1. The van der Waals surface area contributed by atoms with Gasteiger partial charge in [0.2, 0.25) is 5.76 Å². The molecule has 0 saturated carbocycles. The normalized spacial score (nSPS) is 19.1. The van der Waals surface area contributed by atoms with Crippen LogP contribution in [0.3, 0.4) is 0 Å². The van der Waals surface area contributed by atoms with Crippen molar-refractivity contribution in [2.45, 2.75) is 13.0 Å². The number of piperazine rings is 1. The molecule has 1 aliphatic heterocycles. The highest BCUT2D eigenvalue weighted by molar-refractivity contribution is 5.91. The highest BCUT2D eigenvalue weighted by Gasteiger charge is 2.33.